The predicted molar refractivity (Wildman–Crippen MR) is 115 cm³/mol. The Balaban J connectivity index is 1.47. The van der Waals surface area contributed by atoms with E-state index in [1.54, 1.807) is 11.6 Å². The Bertz CT molecular complexity index is 1020. The van der Waals surface area contributed by atoms with Crippen LogP contribution in [0.4, 0.5) is 5.82 Å². The number of para-hydroxylation sites is 1. The SMILES string of the molecule is CCCc1cc(N2CCC[C@@H](C(=O)NCc3ccccc3OC)C2)n2ncnc2n1. The average molecular weight is 409 g/mol. The second kappa shape index (κ2) is 9.11. The molecule has 2 aromatic heterocycles. The molecule has 3 heterocycles. The van der Waals surface area contributed by atoms with Crippen molar-refractivity contribution in [3.63, 3.8) is 0 Å². The van der Waals surface area contributed by atoms with Gasteiger partial charge in [-0.2, -0.15) is 14.6 Å². The van der Waals surface area contributed by atoms with Crippen LogP contribution in [0.3, 0.4) is 0 Å². The van der Waals surface area contributed by atoms with Crippen molar-refractivity contribution in [1.29, 1.82) is 0 Å². The summed E-state index contributed by atoms with van der Waals surface area (Å²) in [5.74, 6) is 2.36. The minimum atomic E-state index is -0.0742. The molecule has 30 heavy (non-hydrogen) atoms. The molecule has 1 saturated heterocycles. The third-order valence-electron chi connectivity index (χ3n) is 5.55. The standard InChI is InChI=1S/C22H28N6O2/c1-3-7-18-12-20(28-22(26-18)24-15-25-28)27-11-6-9-17(14-27)21(29)23-13-16-8-4-5-10-19(16)30-2/h4-5,8,10,12,15,17H,3,6-7,9,11,13-14H2,1-2H3,(H,23,29)/t17-/m1/s1. The van der Waals surface area contributed by atoms with Crippen LogP contribution in [0.2, 0.25) is 0 Å². The van der Waals surface area contributed by atoms with Crippen LogP contribution in [0.25, 0.3) is 5.78 Å². The fraction of sp³-hybridized carbons (Fsp3) is 0.455. The highest BCUT2D eigenvalue weighted by Gasteiger charge is 2.27. The zero-order valence-electron chi connectivity index (χ0n) is 17.5. The zero-order chi connectivity index (χ0) is 20.9. The van der Waals surface area contributed by atoms with Crippen molar-refractivity contribution in [2.24, 2.45) is 5.92 Å². The lowest BCUT2D eigenvalue weighted by atomic mass is 9.97. The molecule has 1 amide bonds. The van der Waals surface area contributed by atoms with E-state index in [0.717, 1.165) is 55.1 Å². The number of carbonyl (C=O) groups is 1. The Morgan fingerprint density at radius 3 is 3.03 bits per heavy atom. The van der Waals surface area contributed by atoms with Gasteiger partial charge in [-0.3, -0.25) is 4.79 Å². The van der Waals surface area contributed by atoms with Crippen LogP contribution in [0.1, 0.15) is 37.4 Å². The van der Waals surface area contributed by atoms with Gasteiger partial charge in [0.25, 0.3) is 5.78 Å². The second-order valence-corrected chi connectivity index (χ2v) is 7.64. The highest BCUT2D eigenvalue weighted by atomic mass is 16.5. The summed E-state index contributed by atoms with van der Waals surface area (Å²) in [7, 11) is 1.64. The Morgan fingerprint density at radius 2 is 2.20 bits per heavy atom. The predicted octanol–water partition coefficient (Wildman–Crippen LogP) is 2.62. The van der Waals surface area contributed by atoms with E-state index in [9.17, 15) is 4.79 Å². The number of methoxy groups -OCH3 is 1. The summed E-state index contributed by atoms with van der Waals surface area (Å²) >= 11 is 0. The number of aromatic nitrogens is 4. The number of aryl methyl sites for hydroxylation is 1. The molecule has 0 radical (unpaired) electrons. The molecule has 0 spiro atoms. The molecule has 0 unspecified atom stereocenters. The molecular formula is C22H28N6O2. The molecule has 1 aliphatic heterocycles. The van der Waals surface area contributed by atoms with E-state index in [-0.39, 0.29) is 11.8 Å². The third-order valence-corrected chi connectivity index (χ3v) is 5.55. The largest absolute Gasteiger partial charge is 0.496 e. The molecule has 1 fully saturated rings. The number of amides is 1. The summed E-state index contributed by atoms with van der Waals surface area (Å²) in [4.78, 5) is 24.0. The molecule has 1 atom stereocenters. The quantitative estimate of drug-likeness (QED) is 0.647. The lowest BCUT2D eigenvalue weighted by Gasteiger charge is -2.33. The highest BCUT2D eigenvalue weighted by Crippen LogP contribution is 2.25. The van der Waals surface area contributed by atoms with Crippen LogP contribution in [0.15, 0.2) is 36.7 Å². The van der Waals surface area contributed by atoms with E-state index in [4.69, 9.17) is 4.74 Å². The number of benzene rings is 1. The summed E-state index contributed by atoms with van der Waals surface area (Å²) in [6, 6.07) is 9.84. The van der Waals surface area contributed by atoms with Gasteiger partial charge in [-0.1, -0.05) is 31.5 Å². The van der Waals surface area contributed by atoms with Gasteiger partial charge >= 0.3 is 0 Å². The lowest BCUT2D eigenvalue weighted by molar-refractivity contribution is -0.125. The first kappa shape index (κ1) is 20.1. The molecule has 3 aromatic rings. The number of nitrogens with one attached hydrogen (secondary N) is 1. The van der Waals surface area contributed by atoms with E-state index in [1.165, 1.54) is 6.33 Å². The fourth-order valence-electron chi connectivity index (χ4n) is 4.03. The van der Waals surface area contributed by atoms with Crippen molar-refractivity contribution < 1.29 is 9.53 Å². The Labute approximate surface area is 176 Å². The molecule has 0 aliphatic carbocycles. The van der Waals surface area contributed by atoms with E-state index in [0.29, 0.717) is 18.9 Å². The van der Waals surface area contributed by atoms with Crippen LogP contribution in [0.5, 0.6) is 5.75 Å². The van der Waals surface area contributed by atoms with Gasteiger partial charge in [0.15, 0.2) is 0 Å². The number of nitrogens with zero attached hydrogens (tertiary/aromatic N) is 5. The van der Waals surface area contributed by atoms with Gasteiger partial charge < -0.3 is 15.0 Å². The number of piperidine rings is 1. The molecule has 158 valence electrons. The molecular weight excluding hydrogens is 380 g/mol. The average Bonchev–Trinajstić information content (AvgIpc) is 3.26. The first-order chi connectivity index (χ1) is 14.7. The molecule has 4 rings (SSSR count). The molecule has 1 N–H and O–H groups in total. The van der Waals surface area contributed by atoms with Crippen molar-refractivity contribution in [3.05, 3.63) is 47.9 Å². The molecule has 8 nitrogen and oxygen atoms in total. The van der Waals surface area contributed by atoms with Crippen LogP contribution < -0.4 is 15.0 Å². The maximum atomic E-state index is 12.9. The highest BCUT2D eigenvalue weighted by molar-refractivity contribution is 5.79. The summed E-state index contributed by atoms with van der Waals surface area (Å²) < 4.78 is 7.15. The van der Waals surface area contributed by atoms with Crippen LogP contribution in [-0.2, 0) is 17.8 Å². The summed E-state index contributed by atoms with van der Waals surface area (Å²) in [5.41, 5.74) is 1.99. The number of carbonyl (C=O) groups excluding carboxylic acids is 1. The van der Waals surface area contributed by atoms with Crippen LogP contribution in [0, 0.1) is 5.92 Å². The number of rotatable bonds is 7. The Kier molecular flexibility index (Phi) is 6.11. The number of anilines is 1. The van der Waals surface area contributed by atoms with Gasteiger partial charge in [0.2, 0.25) is 5.91 Å². The lowest BCUT2D eigenvalue weighted by Crippen LogP contribution is -2.43. The smallest absolute Gasteiger partial charge is 0.254 e. The second-order valence-electron chi connectivity index (χ2n) is 7.64. The third kappa shape index (κ3) is 4.22. The minimum absolute atomic E-state index is 0.0725. The Morgan fingerprint density at radius 1 is 1.33 bits per heavy atom. The molecule has 1 aliphatic rings. The molecule has 0 bridgehead atoms. The number of hydrogen-bond donors (Lipinski definition) is 1. The van der Waals surface area contributed by atoms with Gasteiger partial charge in [0.1, 0.15) is 17.9 Å². The maximum Gasteiger partial charge on any atom is 0.254 e. The van der Waals surface area contributed by atoms with Crippen molar-refractivity contribution >= 4 is 17.5 Å². The number of fused-ring (bicyclic) bond motifs is 1. The Hall–Kier alpha value is -3.16. The summed E-state index contributed by atoms with van der Waals surface area (Å²) in [6.07, 6.45) is 5.27. The van der Waals surface area contributed by atoms with Gasteiger partial charge in [0.05, 0.1) is 13.0 Å². The number of hydrogen-bond acceptors (Lipinski definition) is 6. The van der Waals surface area contributed by atoms with E-state index < -0.39 is 0 Å². The van der Waals surface area contributed by atoms with Crippen molar-refractivity contribution in [1.82, 2.24) is 24.9 Å². The number of ether oxygens (including phenoxy) is 1. The first-order valence-corrected chi connectivity index (χ1v) is 10.5. The fourth-order valence-corrected chi connectivity index (χ4v) is 4.03. The molecule has 0 saturated carbocycles. The van der Waals surface area contributed by atoms with Gasteiger partial charge in [-0.15, -0.1) is 0 Å². The van der Waals surface area contributed by atoms with Gasteiger partial charge in [-0.25, -0.2) is 4.98 Å². The van der Waals surface area contributed by atoms with Gasteiger partial charge in [-0.05, 0) is 25.3 Å². The first-order valence-electron chi connectivity index (χ1n) is 10.5. The monoisotopic (exact) mass is 408 g/mol. The molecule has 8 heteroatoms. The van der Waals surface area contributed by atoms with Crippen LogP contribution >= 0.6 is 0 Å². The van der Waals surface area contributed by atoms with Crippen molar-refractivity contribution in [2.45, 2.75) is 39.2 Å². The zero-order valence-corrected chi connectivity index (χ0v) is 17.5. The van der Waals surface area contributed by atoms with E-state index in [2.05, 4.69) is 38.3 Å². The van der Waals surface area contributed by atoms with Crippen molar-refractivity contribution in [2.75, 3.05) is 25.1 Å². The molecule has 1 aromatic carbocycles. The van der Waals surface area contributed by atoms with E-state index in [1.807, 2.05) is 24.3 Å². The normalized spacial score (nSPS) is 16.6. The summed E-state index contributed by atoms with van der Waals surface area (Å²) in [5, 5.41) is 7.43. The van der Waals surface area contributed by atoms with E-state index >= 15 is 0 Å². The topological polar surface area (TPSA) is 84.7 Å². The van der Waals surface area contributed by atoms with Gasteiger partial charge in [0, 0.05) is 37.0 Å². The minimum Gasteiger partial charge on any atom is -0.496 e. The van der Waals surface area contributed by atoms with Crippen LogP contribution in [-0.4, -0.2) is 45.7 Å². The summed E-state index contributed by atoms with van der Waals surface area (Å²) in [6.45, 7) is 4.14. The van der Waals surface area contributed by atoms with Crippen molar-refractivity contribution in [3.8, 4) is 5.75 Å². The maximum absolute atomic E-state index is 12.9.